The SMILES string of the molecule is Cc1c(F)cc(C(N)=O)cc1NS(=O)(=O)C(C)C(=O)O. The van der Waals surface area contributed by atoms with Gasteiger partial charge >= 0.3 is 5.97 Å². The maximum atomic E-state index is 13.6. The first-order valence-corrected chi connectivity index (χ1v) is 6.95. The van der Waals surface area contributed by atoms with Crippen molar-refractivity contribution in [1.29, 1.82) is 0 Å². The van der Waals surface area contributed by atoms with Crippen LogP contribution >= 0.6 is 0 Å². The second-order valence-electron chi connectivity index (χ2n) is 4.12. The van der Waals surface area contributed by atoms with E-state index in [2.05, 4.69) is 0 Å². The highest BCUT2D eigenvalue weighted by Crippen LogP contribution is 2.22. The topological polar surface area (TPSA) is 127 Å². The van der Waals surface area contributed by atoms with Crippen molar-refractivity contribution in [2.75, 3.05) is 4.72 Å². The molecule has 0 aliphatic carbocycles. The second kappa shape index (κ2) is 5.45. The number of nitrogens with one attached hydrogen (secondary N) is 1. The van der Waals surface area contributed by atoms with E-state index in [-0.39, 0.29) is 16.8 Å². The highest BCUT2D eigenvalue weighted by atomic mass is 32.2. The number of halogens is 1. The van der Waals surface area contributed by atoms with Gasteiger partial charge in [-0.25, -0.2) is 12.8 Å². The van der Waals surface area contributed by atoms with Crippen molar-refractivity contribution in [3.05, 3.63) is 29.1 Å². The molecule has 110 valence electrons. The lowest BCUT2D eigenvalue weighted by molar-refractivity contribution is -0.136. The van der Waals surface area contributed by atoms with Gasteiger partial charge in [-0.1, -0.05) is 0 Å². The van der Waals surface area contributed by atoms with E-state index < -0.39 is 33.0 Å². The minimum Gasteiger partial charge on any atom is -0.480 e. The van der Waals surface area contributed by atoms with Crippen LogP contribution in [0.1, 0.15) is 22.8 Å². The van der Waals surface area contributed by atoms with Crippen LogP contribution in [-0.2, 0) is 14.8 Å². The summed E-state index contributed by atoms with van der Waals surface area (Å²) in [5.41, 5.74) is 4.47. The third-order valence-electron chi connectivity index (χ3n) is 2.69. The number of rotatable bonds is 5. The van der Waals surface area contributed by atoms with Crippen molar-refractivity contribution in [2.45, 2.75) is 19.1 Å². The van der Waals surface area contributed by atoms with E-state index in [0.29, 0.717) is 0 Å². The summed E-state index contributed by atoms with van der Waals surface area (Å²) >= 11 is 0. The molecule has 1 atom stereocenters. The Morgan fingerprint density at radius 1 is 1.40 bits per heavy atom. The molecule has 20 heavy (non-hydrogen) atoms. The summed E-state index contributed by atoms with van der Waals surface area (Å²) in [5.74, 6) is -3.32. The molecule has 1 aromatic rings. The second-order valence-corrected chi connectivity index (χ2v) is 6.12. The molecular formula is C11H13FN2O5S. The summed E-state index contributed by atoms with van der Waals surface area (Å²) in [4.78, 5) is 21.7. The van der Waals surface area contributed by atoms with E-state index in [9.17, 15) is 22.4 Å². The van der Waals surface area contributed by atoms with Crippen LogP contribution < -0.4 is 10.5 Å². The molecule has 0 aliphatic rings. The summed E-state index contributed by atoms with van der Waals surface area (Å²) in [6, 6.07) is 1.92. The van der Waals surface area contributed by atoms with E-state index in [1.807, 2.05) is 4.72 Å². The fourth-order valence-electron chi connectivity index (χ4n) is 1.30. The smallest absolute Gasteiger partial charge is 0.323 e. The number of benzene rings is 1. The first kappa shape index (κ1) is 15.9. The van der Waals surface area contributed by atoms with Crippen LogP contribution in [0.4, 0.5) is 10.1 Å². The Bertz CT molecular complexity index is 672. The summed E-state index contributed by atoms with van der Waals surface area (Å²) in [6.45, 7) is 2.25. The van der Waals surface area contributed by atoms with Crippen LogP contribution in [0.15, 0.2) is 12.1 Å². The molecule has 0 saturated carbocycles. The highest BCUT2D eigenvalue weighted by molar-refractivity contribution is 7.94. The number of carbonyl (C=O) groups excluding carboxylic acids is 1. The minimum atomic E-state index is -4.26. The summed E-state index contributed by atoms with van der Waals surface area (Å²) in [6.07, 6.45) is 0. The Morgan fingerprint density at radius 2 is 1.95 bits per heavy atom. The van der Waals surface area contributed by atoms with Gasteiger partial charge in [-0.15, -0.1) is 0 Å². The molecule has 1 aromatic carbocycles. The predicted molar refractivity (Wildman–Crippen MR) is 69.3 cm³/mol. The van der Waals surface area contributed by atoms with Crippen LogP contribution in [0.3, 0.4) is 0 Å². The van der Waals surface area contributed by atoms with E-state index in [1.165, 1.54) is 6.92 Å². The molecule has 1 rings (SSSR count). The zero-order valence-corrected chi connectivity index (χ0v) is 11.5. The molecule has 9 heteroatoms. The predicted octanol–water partition coefficient (Wildman–Crippen LogP) is 0.448. The van der Waals surface area contributed by atoms with Crippen molar-refractivity contribution in [2.24, 2.45) is 5.73 Å². The van der Waals surface area contributed by atoms with E-state index in [0.717, 1.165) is 19.1 Å². The molecule has 0 radical (unpaired) electrons. The fourth-order valence-corrected chi connectivity index (χ4v) is 2.26. The molecule has 0 saturated heterocycles. The lowest BCUT2D eigenvalue weighted by Crippen LogP contribution is -2.32. The van der Waals surface area contributed by atoms with Crippen molar-refractivity contribution in [3.8, 4) is 0 Å². The molecule has 4 N–H and O–H groups in total. The average molecular weight is 304 g/mol. The third-order valence-corrected chi connectivity index (χ3v) is 4.33. The average Bonchev–Trinajstić information content (AvgIpc) is 2.32. The third kappa shape index (κ3) is 3.23. The first-order chi connectivity index (χ1) is 9.06. The normalized spacial score (nSPS) is 12.8. The lowest BCUT2D eigenvalue weighted by atomic mass is 10.1. The molecule has 1 unspecified atom stereocenters. The number of primary amides is 1. The Labute approximate surface area is 114 Å². The monoisotopic (exact) mass is 304 g/mol. The molecule has 0 aliphatic heterocycles. The van der Waals surface area contributed by atoms with Gasteiger partial charge in [0, 0.05) is 11.1 Å². The number of aliphatic carboxylic acids is 1. The van der Waals surface area contributed by atoms with E-state index >= 15 is 0 Å². The number of anilines is 1. The Hall–Kier alpha value is -2.16. The Morgan fingerprint density at radius 3 is 2.40 bits per heavy atom. The van der Waals surface area contributed by atoms with Crippen LogP contribution in [0.25, 0.3) is 0 Å². The maximum Gasteiger partial charge on any atom is 0.323 e. The van der Waals surface area contributed by atoms with Crippen molar-refractivity contribution in [3.63, 3.8) is 0 Å². The number of nitrogens with two attached hydrogens (primary N) is 1. The summed E-state index contributed by atoms with van der Waals surface area (Å²) in [5, 5.41) is 6.96. The lowest BCUT2D eigenvalue weighted by Gasteiger charge is -2.14. The summed E-state index contributed by atoms with van der Waals surface area (Å²) in [7, 11) is -4.26. The number of carboxylic acid groups (broad SMARTS) is 1. The molecule has 7 nitrogen and oxygen atoms in total. The minimum absolute atomic E-state index is 0.0730. The van der Waals surface area contributed by atoms with Gasteiger partial charge in [0.2, 0.25) is 15.9 Å². The van der Waals surface area contributed by atoms with Gasteiger partial charge in [-0.2, -0.15) is 0 Å². The maximum absolute atomic E-state index is 13.6. The van der Waals surface area contributed by atoms with Gasteiger partial charge in [0.25, 0.3) is 0 Å². The Balaban J connectivity index is 3.28. The first-order valence-electron chi connectivity index (χ1n) is 5.40. The molecular weight excluding hydrogens is 291 g/mol. The van der Waals surface area contributed by atoms with Gasteiger partial charge in [0.05, 0.1) is 5.69 Å². The number of sulfonamides is 1. The molecule has 0 heterocycles. The van der Waals surface area contributed by atoms with Crippen molar-refractivity contribution < 1.29 is 27.5 Å². The number of amides is 1. The van der Waals surface area contributed by atoms with Crippen LogP contribution in [-0.4, -0.2) is 30.7 Å². The largest absolute Gasteiger partial charge is 0.480 e. The van der Waals surface area contributed by atoms with Gasteiger partial charge in [-0.05, 0) is 26.0 Å². The van der Waals surface area contributed by atoms with Crippen molar-refractivity contribution in [1.82, 2.24) is 0 Å². The zero-order chi connectivity index (χ0) is 15.7. The molecule has 0 fully saturated rings. The Kier molecular flexibility index (Phi) is 4.33. The zero-order valence-electron chi connectivity index (χ0n) is 10.7. The van der Waals surface area contributed by atoms with E-state index in [1.54, 1.807) is 0 Å². The van der Waals surface area contributed by atoms with Gasteiger partial charge in [-0.3, -0.25) is 14.3 Å². The van der Waals surface area contributed by atoms with Gasteiger partial charge < -0.3 is 10.8 Å². The van der Waals surface area contributed by atoms with Gasteiger partial charge in [0.15, 0.2) is 5.25 Å². The van der Waals surface area contributed by atoms with Gasteiger partial charge in [0.1, 0.15) is 5.82 Å². The standard InChI is InChI=1S/C11H13FN2O5S/c1-5-8(12)3-7(10(13)15)4-9(5)14-20(18,19)6(2)11(16)17/h3-4,6,14H,1-2H3,(H2,13,15)(H,16,17). The van der Waals surface area contributed by atoms with E-state index in [4.69, 9.17) is 10.8 Å². The molecule has 0 bridgehead atoms. The quantitative estimate of drug-likeness (QED) is 0.728. The summed E-state index contributed by atoms with van der Waals surface area (Å²) < 4.78 is 39.0. The molecule has 1 amide bonds. The van der Waals surface area contributed by atoms with Crippen LogP contribution in [0.2, 0.25) is 0 Å². The van der Waals surface area contributed by atoms with Crippen molar-refractivity contribution >= 4 is 27.6 Å². The number of hydrogen-bond donors (Lipinski definition) is 3. The highest BCUT2D eigenvalue weighted by Gasteiger charge is 2.28. The number of carbonyl (C=O) groups is 2. The number of hydrogen-bond acceptors (Lipinski definition) is 4. The van der Waals surface area contributed by atoms with Crippen LogP contribution in [0.5, 0.6) is 0 Å². The number of carboxylic acids is 1. The van der Waals surface area contributed by atoms with Crippen LogP contribution in [0, 0.1) is 12.7 Å². The fraction of sp³-hybridized carbons (Fsp3) is 0.273. The molecule has 0 aromatic heterocycles. The molecule has 0 spiro atoms.